The average molecular weight is 453 g/mol. The Morgan fingerprint density at radius 1 is 0.971 bits per heavy atom. The number of nitrogens with zero attached hydrogens (tertiary/aromatic N) is 1. The molecule has 0 atom stereocenters. The molecule has 5 heteroatoms. The summed E-state index contributed by atoms with van der Waals surface area (Å²) in [4.78, 5) is 12.4. The molecule has 1 aliphatic carbocycles. The van der Waals surface area contributed by atoms with Gasteiger partial charge in [0.05, 0.1) is 0 Å². The lowest BCUT2D eigenvalue weighted by Gasteiger charge is -2.19. The van der Waals surface area contributed by atoms with Crippen LogP contribution in [0.15, 0.2) is 77.3 Å². The molecule has 1 aromatic heterocycles. The van der Waals surface area contributed by atoms with Crippen molar-refractivity contribution in [2.24, 2.45) is 0 Å². The third-order valence-corrected chi connectivity index (χ3v) is 6.23. The Morgan fingerprint density at radius 2 is 1.71 bits per heavy atom. The molecule has 0 aliphatic heterocycles. The molecule has 0 fully saturated rings. The number of aryl methyl sites for hydroxylation is 1. The molecule has 1 amide bonds. The van der Waals surface area contributed by atoms with Gasteiger partial charge in [-0.2, -0.15) is 0 Å². The summed E-state index contributed by atoms with van der Waals surface area (Å²) in [6.45, 7) is 6.44. The first-order valence-electron chi connectivity index (χ1n) is 11.6. The molecule has 0 unspecified atom stereocenters. The quantitative estimate of drug-likeness (QED) is 0.379. The fourth-order valence-corrected chi connectivity index (χ4v) is 4.31. The van der Waals surface area contributed by atoms with Crippen molar-refractivity contribution in [2.75, 3.05) is 11.9 Å². The molecule has 0 saturated carbocycles. The molecule has 34 heavy (non-hydrogen) atoms. The van der Waals surface area contributed by atoms with E-state index in [2.05, 4.69) is 49.4 Å². The van der Waals surface area contributed by atoms with Crippen molar-refractivity contribution in [1.29, 1.82) is 0 Å². The maximum Gasteiger partial charge on any atom is 0.262 e. The van der Waals surface area contributed by atoms with E-state index in [1.165, 1.54) is 11.1 Å². The number of carbonyl (C=O) groups is 1. The van der Waals surface area contributed by atoms with Crippen LogP contribution in [0.4, 0.5) is 5.69 Å². The summed E-state index contributed by atoms with van der Waals surface area (Å²) < 4.78 is 11.4. The predicted octanol–water partition coefficient (Wildman–Crippen LogP) is 6.42. The van der Waals surface area contributed by atoms with Gasteiger partial charge in [-0.15, -0.1) is 0 Å². The van der Waals surface area contributed by atoms with Crippen molar-refractivity contribution >= 4 is 11.6 Å². The summed E-state index contributed by atoms with van der Waals surface area (Å²) in [7, 11) is 0. The molecule has 1 aliphatic rings. The van der Waals surface area contributed by atoms with Gasteiger partial charge in [-0.3, -0.25) is 4.79 Å². The summed E-state index contributed by atoms with van der Waals surface area (Å²) in [5.74, 6) is 1.26. The van der Waals surface area contributed by atoms with Gasteiger partial charge in [0.1, 0.15) is 11.4 Å². The van der Waals surface area contributed by atoms with Gasteiger partial charge in [0, 0.05) is 22.4 Å². The smallest absolute Gasteiger partial charge is 0.262 e. The number of benzene rings is 3. The first-order valence-corrected chi connectivity index (χ1v) is 11.6. The standard InChI is InChI=1S/C29H28N2O3/c1-29(2,3)21-11-15-23(16-12-21)33-18-26(32)30-22-13-8-20(9-14-22)28-25-17-10-19-6-4-5-7-24(19)27(25)31-34-28/h4-9,11-16H,10,17-18H2,1-3H3,(H,30,32). The number of hydrogen-bond acceptors (Lipinski definition) is 4. The minimum Gasteiger partial charge on any atom is -0.484 e. The van der Waals surface area contributed by atoms with Gasteiger partial charge < -0.3 is 14.6 Å². The third-order valence-electron chi connectivity index (χ3n) is 6.23. The Labute approximate surface area is 199 Å². The van der Waals surface area contributed by atoms with E-state index in [4.69, 9.17) is 9.26 Å². The molecule has 0 spiro atoms. The van der Waals surface area contributed by atoms with Crippen LogP contribution in [0.2, 0.25) is 0 Å². The molecule has 3 aromatic carbocycles. The van der Waals surface area contributed by atoms with E-state index < -0.39 is 0 Å². The van der Waals surface area contributed by atoms with Gasteiger partial charge in [0.2, 0.25) is 0 Å². The lowest BCUT2D eigenvalue weighted by Crippen LogP contribution is -2.20. The molecule has 5 rings (SSSR count). The topological polar surface area (TPSA) is 64.4 Å². The van der Waals surface area contributed by atoms with E-state index in [0.717, 1.165) is 41.0 Å². The van der Waals surface area contributed by atoms with E-state index in [0.29, 0.717) is 11.4 Å². The van der Waals surface area contributed by atoms with Gasteiger partial charge in [-0.05, 0) is 65.8 Å². The van der Waals surface area contributed by atoms with Crippen molar-refractivity contribution < 1.29 is 14.1 Å². The second-order valence-corrected chi connectivity index (χ2v) is 9.68. The second-order valence-electron chi connectivity index (χ2n) is 9.68. The summed E-state index contributed by atoms with van der Waals surface area (Å²) in [5.41, 5.74) is 7.48. The summed E-state index contributed by atoms with van der Waals surface area (Å²) >= 11 is 0. The van der Waals surface area contributed by atoms with Crippen LogP contribution in [-0.2, 0) is 23.1 Å². The number of nitrogens with one attached hydrogen (secondary N) is 1. The number of rotatable bonds is 5. The number of ether oxygens (including phenoxy) is 1. The highest BCUT2D eigenvalue weighted by molar-refractivity contribution is 5.92. The van der Waals surface area contributed by atoms with Crippen LogP contribution >= 0.6 is 0 Å². The van der Waals surface area contributed by atoms with Crippen LogP contribution in [0.1, 0.15) is 37.5 Å². The SMILES string of the molecule is CC(C)(C)c1ccc(OCC(=O)Nc2ccc(-c3onc4c3CCc3ccccc3-4)cc2)cc1. The largest absolute Gasteiger partial charge is 0.484 e. The maximum atomic E-state index is 12.4. The van der Waals surface area contributed by atoms with Crippen LogP contribution in [0.3, 0.4) is 0 Å². The zero-order valence-corrected chi connectivity index (χ0v) is 19.7. The Morgan fingerprint density at radius 3 is 2.44 bits per heavy atom. The number of anilines is 1. The van der Waals surface area contributed by atoms with Crippen molar-refractivity contribution in [1.82, 2.24) is 5.16 Å². The van der Waals surface area contributed by atoms with Gasteiger partial charge >= 0.3 is 0 Å². The minimum atomic E-state index is -0.207. The van der Waals surface area contributed by atoms with Crippen LogP contribution in [0, 0.1) is 0 Å². The monoisotopic (exact) mass is 452 g/mol. The van der Waals surface area contributed by atoms with E-state index in [1.54, 1.807) is 0 Å². The van der Waals surface area contributed by atoms with E-state index in [9.17, 15) is 4.79 Å². The third kappa shape index (κ3) is 4.46. The van der Waals surface area contributed by atoms with Crippen LogP contribution < -0.4 is 10.1 Å². The zero-order chi connectivity index (χ0) is 23.7. The molecule has 0 bridgehead atoms. The van der Waals surface area contributed by atoms with E-state index in [-0.39, 0.29) is 17.9 Å². The summed E-state index contributed by atoms with van der Waals surface area (Å²) in [6.07, 6.45) is 1.88. The molecule has 1 heterocycles. The molecule has 0 radical (unpaired) electrons. The number of aromatic nitrogens is 1. The lowest BCUT2D eigenvalue weighted by molar-refractivity contribution is -0.118. The van der Waals surface area contributed by atoms with Crippen molar-refractivity contribution in [2.45, 2.75) is 39.0 Å². The van der Waals surface area contributed by atoms with Crippen LogP contribution in [-0.4, -0.2) is 17.7 Å². The average Bonchev–Trinajstić information content (AvgIpc) is 3.28. The Balaban J connectivity index is 1.22. The molecule has 172 valence electrons. The van der Waals surface area contributed by atoms with Crippen molar-refractivity contribution in [3.63, 3.8) is 0 Å². The van der Waals surface area contributed by atoms with Gasteiger partial charge in [0.25, 0.3) is 5.91 Å². The number of amides is 1. The number of carbonyl (C=O) groups excluding carboxylic acids is 1. The highest BCUT2D eigenvalue weighted by atomic mass is 16.5. The van der Waals surface area contributed by atoms with Gasteiger partial charge in [0.15, 0.2) is 12.4 Å². The van der Waals surface area contributed by atoms with Crippen molar-refractivity contribution in [3.8, 4) is 28.3 Å². The number of hydrogen-bond donors (Lipinski definition) is 1. The minimum absolute atomic E-state index is 0.0500. The highest BCUT2D eigenvalue weighted by Crippen LogP contribution is 2.38. The van der Waals surface area contributed by atoms with Crippen molar-refractivity contribution in [3.05, 3.63) is 89.5 Å². The first kappa shape index (κ1) is 22.0. The Hall–Kier alpha value is -3.86. The van der Waals surface area contributed by atoms with Gasteiger partial charge in [-0.1, -0.05) is 62.3 Å². The molecule has 5 nitrogen and oxygen atoms in total. The molecule has 0 saturated heterocycles. The Bertz CT molecular complexity index is 1310. The van der Waals surface area contributed by atoms with Crippen LogP contribution in [0.25, 0.3) is 22.6 Å². The van der Waals surface area contributed by atoms with Gasteiger partial charge in [-0.25, -0.2) is 0 Å². The molecule has 1 N–H and O–H groups in total. The Kier molecular flexibility index (Phi) is 5.70. The van der Waals surface area contributed by atoms with E-state index >= 15 is 0 Å². The molecular weight excluding hydrogens is 424 g/mol. The first-order chi connectivity index (χ1) is 16.4. The summed E-state index contributed by atoms with van der Waals surface area (Å²) in [6, 6.07) is 23.8. The zero-order valence-electron chi connectivity index (χ0n) is 19.7. The predicted molar refractivity (Wildman–Crippen MR) is 134 cm³/mol. The summed E-state index contributed by atoms with van der Waals surface area (Å²) in [5, 5.41) is 7.24. The highest BCUT2D eigenvalue weighted by Gasteiger charge is 2.24. The fraction of sp³-hybridized carbons (Fsp3) is 0.241. The second kappa shape index (κ2) is 8.82. The fourth-order valence-electron chi connectivity index (χ4n) is 4.31. The molecule has 4 aromatic rings. The molecular formula is C29H28N2O3. The normalized spacial score (nSPS) is 12.6. The van der Waals surface area contributed by atoms with Crippen LogP contribution in [0.5, 0.6) is 5.75 Å². The lowest BCUT2D eigenvalue weighted by atomic mass is 9.87. The number of fused-ring (bicyclic) bond motifs is 3. The van der Waals surface area contributed by atoms with E-state index in [1.807, 2.05) is 54.6 Å². The maximum absolute atomic E-state index is 12.4.